The van der Waals surface area contributed by atoms with Crippen LogP contribution in [0, 0.1) is 0 Å². The van der Waals surface area contributed by atoms with Crippen LogP contribution in [0.5, 0.6) is 0 Å². The highest BCUT2D eigenvalue weighted by atomic mass is 32.2. The zero-order chi connectivity index (χ0) is 16.8. The van der Waals surface area contributed by atoms with Gasteiger partial charge in [-0.25, -0.2) is 9.67 Å². The fourth-order valence-corrected chi connectivity index (χ4v) is 2.76. The van der Waals surface area contributed by atoms with Crippen LogP contribution in [0.1, 0.15) is 12.0 Å². The van der Waals surface area contributed by atoms with Gasteiger partial charge in [-0.1, -0.05) is 42.1 Å². The molecular formula is C14H16N4O4S. The molecular weight excluding hydrogens is 320 g/mol. The molecule has 0 fully saturated rings. The van der Waals surface area contributed by atoms with Gasteiger partial charge in [-0.3, -0.25) is 9.59 Å². The van der Waals surface area contributed by atoms with Crippen LogP contribution >= 0.6 is 11.8 Å². The molecule has 0 radical (unpaired) electrons. The number of carboxylic acid groups (broad SMARTS) is 2. The Kier molecular flexibility index (Phi) is 5.72. The van der Waals surface area contributed by atoms with Crippen molar-refractivity contribution in [2.45, 2.75) is 29.4 Å². The van der Waals surface area contributed by atoms with E-state index in [-0.39, 0.29) is 11.6 Å². The Hall–Kier alpha value is -2.39. The van der Waals surface area contributed by atoms with Gasteiger partial charge in [0.05, 0.1) is 6.54 Å². The lowest BCUT2D eigenvalue weighted by atomic mass is 10.2. The Bertz CT molecular complexity index is 676. The number of thioether (sulfide) groups is 1. The van der Waals surface area contributed by atoms with E-state index in [0.29, 0.717) is 6.54 Å². The van der Waals surface area contributed by atoms with Gasteiger partial charge in [-0.2, -0.15) is 0 Å². The third-order valence-corrected chi connectivity index (χ3v) is 4.09. The number of nitrogens with two attached hydrogens (primary N) is 1. The van der Waals surface area contributed by atoms with Crippen molar-refractivity contribution in [3.05, 3.63) is 42.2 Å². The van der Waals surface area contributed by atoms with E-state index in [2.05, 4.69) is 10.1 Å². The van der Waals surface area contributed by atoms with Gasteiger partial charge in [0.1, 0.15) is 17.6 Å². The van der Waals surface area contributed by atoms with Crippen molar-refractivity contribution in [3.63, 3.8) is 0 Å². The van der Waals surface area contributed by atoms with Crippen LogP contribution in [0.15, 0.2) is 41.8 Å². The Balaban J connectivity index is 2.01. The molecule has 0 aliphatic rings. The van der Waals surface area contributed by atoms with Crippen molar-refractivity contribution in [2.24, 2.45) is 5.73 Å². The number of carboxylic acids is 2. The van der Waals surface area contributed by atoms with Crippen molar-refractivity contribution in [1.29, 1.82) is 0 Å². The minimum absolute atomic E-state index is 0.206. The van der Waals surface area contributed by atoms with Gasteiger partial charge >= 0.3 is 11.9 Å². The van der Waals surface area contributed by atoms with E-state index in [0.717, 1.165) is 17.3 Å². The molecule has 0 amide bonds. The summed E-state index contributed by atoms with van der Waals surface area (Å²) in [6.07, 6.45) is 1.30. The van der Waals surface area contributed by atoms with Crippen LogP contribution in [0.4, 0.5) is 0 Å². The highest BCUT2D eigenvalue weighted by Crippen LogP contribution is 2.23. The van der Waals surface area contributed by atoms with Crippen molar-refractivity contribution in [1.82, 2.24) is 14.8 Å². The maximum atomic E-state index is 11.2. The largest absolute Gasteiger partial charge is 0.480 e. The van der Waals surface area contributed by atoms with Crippen molar-refractivity contribution in [2.75, 3.05) is 0 Å². The van der Waals surface area contributed by atoms with Gasteiger partial charge in [0.25, 0.3) is 0 Å². The van der Waals surface area contributed by atoms with Gasteiger partial charge in [0.15, 0.2) is 0 Å². The van der Waals surface area contributed by atoms with Gasteiger partial charge in [-0.15, -0.1) is 5.10 Å². The van der Waals surface area contributed by atoms with E-state index in [4.69, 9.17) is 10.8 Å². The lowest BCUT2D eigenvalue weighted by molar-refractivity contribution is -0.139. The van der Waals surface area contributed by atoms with Crippen LogP contribution in [0.25, 0.3) is 0 Å². The summed E-state index contributed by atoms with van der Waals surface area (Å²) in [4.78, 5) is 26.0. The molecule has 1 aromatic carbocycles. The molecule has 1 unspecified atom stereocenters. The summed E-state index contributed by atoms with van der Waals surface area (Å²) >= 11 is 0.888. The third kappa shape index (κ3) is 5.08. The molecule has 8 nitrogen and oxygen atoms in total. The quantitative estimate of drug-likeness (QED) is 0.600. The molecule has 0 saturated carbocycles. The molecule has 1 heterocycles. The smallest absolute Gasteiger partial charge is 0.320 e. The number of nitrogens with zero attached hydrogens (tertiary/aromatic N) is 3. The van der Waals surface area contributed by atoms with Gasteiger partial charge in [0.2, 0.25) is 5.16 Å². The second-order valence-electron chi connectivity index (χ2n) is 4.84. The topological polar surface area (TPSA) is 131 Å². The average Bonchev–Trinajstić information content (AvgIpc) is 2.94. The Morgan fingerprint density at radius 3 is 2.52 bits per heavy atom. The number of benzene rings is 1. The maximum absolute atomic E-state index is 11.2. The molecule has 0 aliphatic heterocycles. The minimum atomic E-state index is -1.24. The Morgan fingerprint density at radius 1 is 1.22 bits per heavy atom. The van der Waals surface area contributed by atoms with Gasteiger partial charge in [0, 0.05) is 0 Å². The monoisotopic (exact) mass is 336 g/mol. The highest BCUT2D eigenvalue weighted by Gasteiger charge is 2.26. The molecule has 0 aliphatic carbocycles. The molecule has 9 heteroatoms. The maximum Gasteiger partial charge on any atom is 0.320 e. The average molecular weight is 336 g/mol. The standard InChI is InChI=1S/C14H16N4O4S/c15-10(12(19)20)6-11(13(21)22)23-14-16-8-18(17-14)7-9-4-2-1-3-5-9/h1-5,8,10-11H,6-7,15H2,(H,19,20)(H,21,22)/t10-,11?/m0/s1. The molecule has 0 bridgehead atoms. The molecule has 122 valence electrons. The Labute approximate surface area is 136 Å². The zero-order valence-electron chi connectivity index (χ0n) is 12.1. The van der Waals surface area contributed by atoms with Crippen LogP contribution in [-0.4, -0.2) is 48.2 Å². The van der Waals surface area contributed by atoms with Crippen molar-refractivity contribution in [3.8, 4) is 0 Å². The number of carbonyl (C=O) groups is 2. The van der Waals surface area contributed by atoms with E-state index in [1.807, 2.05) is 30.3 Å². The van der Waals surface area contributed by atoms with Gasteiger partial charge < -0.3 is 15.9 Å². The number of hydrogen-bond acceptors (Lipinski definition) is 6. The Morgan fingerprint density at radius 2 is 1.91 bits per heavy atom. The summed E-state index contributed by atoms with van der Waals surface area (Å²) < 4.78 is 1.59. The van der Waals surface area contributed by atoms with Crippen LogP contribution in [0.3, 0.4) is 0 Å². The van der Waals surface area contributed by atoms with E-state index >= 15 is 0 Å². The lowest BCUT2D eigenvalue weighted by Gasteiger charge is -2.12. The van der Waals surface area contributed by atoms with Crippen LogP contribution < -0.4 is 5.73 Å². The van der Waals surface area contributed by atoms with Crippen LogP contribution in [0.2, 0.25) is 0 Å². The number of rotatable bonds is 8. The zero-order valence-corrected chi connectivity index (χ0v) is 12.9. The normalized spacial score (nSPS) is 13.4. The minimum Gasteiger partial charge on any atom is -0.480 e. The first-order valence-corrected chi connectivity index (χ1v) is 7.65. The van der Waals surface area contributed by atoms with E-state index in [1.165, 1.54) is 6.33 Å². The lowest BCUT2D eigenvalue weighted by Crippen LogP contribution is -2.35. The van der Waals surface area contributed by atoms with Gasteiger partial charge in [-0.05, 0) is 12.0 Å². The summed E-state index contributed by atoms with van der Waals surface area (Å²) in [7, 11) is 0. The number of aliphatic carboxylic acids is 2. The fourth-order valence-electron chi connectivity index (χ4n) is 1.84. The van der Waals surface area contributed by atoms with Crippen LogP contribution in [-0.2, 0) is 16.1 Å². The summed E-state index contributed by atoms with van der Waals surface area (Å²) in [5.41, 5.74) is 6.43. The highest BCUT2D eigenvalue weighted by molar-refractivity contribution is 8.00. The van der Waals surface area contributed by atoms with E-state index in [9.17, 15) is 14.7 Å². The third-order valence-electron chi connectivity index (χ3n) is 3.01. The molecule has 0 saturated heterocycles. The van der Waals surface area contributed by atoms with Crippen molar-refractivity contribution >= 4 is 23.7 Å². The van der Waals surface area contributed by atoms with E-state index < -0.39 is 23.2 Å². The molecule has 2 aromatic rings. The molecule has 2 atom stereocenters. The first-order chi connectivity index (χ1) is 11.0. The summed E-state index contributed by atoms with van der Waals surface area (Å²) in [6.45, 7) is 0.515. The second-order valence-corrected chi connectivity index (χ2v) is 6.01. The van der Waals surface area contributed by atoms with Crippen molar-refractivity contribution < 1.29 is 19.8 Å². The predicted octanol–water partition coefficient (Wildman–Crippen LogP) is 0.674. The predicted molar refractivity (Wildman–Crippen MR) is 83.1 cm³/mol. The second kappa shape index (κ2) is 7.75. The number of aromatic nitrogens is 3. The molecule has 4 N–H and O–H groups in total. The first kappa shape index (κ1) is 17.0. The SMILES string of the molecule is N[C@@H](CC(Sc1ncn(Cc2ccccc2)n1)C(=O)O)C(=O)O. The van der Waals surface area contributed by atoms with E-state index in [1.54, 1.807) is 4.68 Å². The summed E-state index contributed by atoms with van der Waals surface area (Å²) in [5, 5.41) is 21.4. The first-order valence-electron chi connectivity index (χ1n) is 6.77. The molecule has 1 aromatic heterocycles. The fraction of sp³-hybridized carbons (Fsp3) is 0.286. The molecule has 0 spiro atoms. The number of hydrogen-bond donors (Lipinski definition) is 3. The summed E-state index contributed by atoms with van der Waals surface area (Å²) in [6, 6.07) is 8.39. The molecule has 23 heavy (non-hydrogen) atoms. The molecule has 2 rings (SSSR count). The summed E-state index contributed by atoms with van der Waals surface area (Å²) in [5.74, 6) is -2.38.